The number of alkyl halides is 2. The summed E-state index contributed by atoms with van der Waals surface area (Å²) in [5, 5.41) is 2.98. The zero-order valence-corrected chi connectivity index (χ0v) is 17.2. The molecule has 0 atom stereocenters. The predicted molar refractivity (Wildman–Crippen MR) is 98.3 cm³/mol. The van der Waals surface area contributed by atoms with Crippen molar-refractivity contribution in [2.45, 2.75) is 45.4 Å². The molecule has 0 unspecified atom stereocenters. The van der Waals surface area contributed by atoms with Crippen molar-refractivity contribution >= 4 is 43.6 Å². The van der Waals surface area contributed by atoms with E-state index >= 15 is 0 Å². The van der Waals surface area contributed by atoms with Gasteiger partial charge in [0.05, 0.1) is 15.0 Å². The summed E-state index contributed by atoms with van der Waals surface area (Å²) in [5.74, 6) is -1.68. The molecule has 0 radical (unpaired) electrons. The van der Waals surface area contributed by atoms with E-state index in [1.54, 1.807) is 13.8 Å². The number of hydrogen-bond donors (Lipinski definition) is 1. The van der Waals surface area contributed by atoms with Crippen LogP contribution in [0.5, 0.6) is 5.75 Å². The van der Waals surface area contributed by atoms with E-state index in [4.69, 9.17) is 4.74 Å². The molecular weight excluding hydrogens is 480 g/mol. The standard InChI is InChI=1S/C17H17Br2F2NO4/c1-8(2)25-16(24)11(7-22-9-3-4-9)14(23)10-5-6-12(18)15(13(10)19)26-17(20)21/h5-9,17,22H,3-4H2,1-2H3. The van der Waals surface area contributed by atoms with E-state index in [-0.39, 0.29) is 31.9 Å². The highest BCUT2D eigenvalue weighted by Gasteiger charge is 2.28. The fraction of sp³-hybridized carbons (Fsp3) is 0.412. The topological polar surface area (TPSA) is 64.6 Å². The average Bonchev–Trinajstić information content (AvgIpc) is 3.34. The normalized spacial score (nSPS) is 14.5. The van der Waals surface area contributed by atoms with E-state index in [0.717, 1.165) is 12.8 Å². The molecule has 5 nitrogen and oxygen atoms in total. The largest absolute Gasteiger partial charge is 0.459 e. The summed E-state index contributed by atoms with van der Waals surface area (Å²) in [6.45, 7) is 0.266. The SMILES string of the molecule is CC(C)OC(=O)C(=CNC1CC1)C(=O)c1ccc(Br)c(OC(F)F)c1Br. The summed E-state index contributed by atoms with van der Waals surface area (Å²) < 4.78 is 35.1. The third kappa shape index (κ3) is 5.51. The summed E-state index contributed by atoms with van der Waals surface area (Å²) >= 11 is 6.21. The van der Waals surface area contributed by atoms with Crippen molar-refractivity contribution < 1.29 is 27.8 Å². The van der Waals surface area contributed by atoms with Crippen molar-refractivity contribution in [1.29, 1.82) is 0 Å². The van der Waals surface area contributed by atoms with Crippen molar-refractivity contribution in [3.05, 3.63) is 38.4 Å². The lowest BCUT2D eigenvalue weighted by molar-refractivity contribution is -0.142. The molecule has 142 valence electrons. The average molecular weight is 497 g/mol. The lowest BCUT2D eigenvalue weighted by atomic mass is 10.0. The van der Waals surface area contributed by atoms with Crippen molar-refractivity contribution in [3.8, 4) is 5.75 Å². The van der Waals surface area contributed by atoms with Crippen LogP contribution in [0.25, 0.3) is 0 Å². The van der Waals surface area contributed by atoms with Gasteiger partial charge in [0, 0.05) is 17.8 Å². The summed E-state index contributed by atoms with van der Waals surface area (Å²) in [4.78, 5) is 25.2. The first-order valence-electron chi connectivity index (χ1n) is 7.85. The number of carbonyl (C=O) groups excluding carboxylic acids is 2. The number of benzene rings is 1. The highest BCUT2D eigenvalue weighted by molar-refractivity contribution is 9.11. The van der Waals surface area contributed by atoms with Crippen molar-refractivity contribution in [2.75, 3.05) is 0 Å². The molecule has 1 aromatic carbocycles. The number of rotatable bonds is 8. The number of ketones is 1. The second-order valence-electron chi connectivity index (χ2n) is 5.90. The van der Waals surface area contributed by atoms with Crippen LogP contribution in [-0.4, -0.2) is 30.5 Å². The summed E-state index contributed by atoms with van der Waals surface area (Å²) in [6, 6.07) is 3.02. The van der Waals surface area contributed by atoms with E-state index in [2.05, 4.69) is 41.9 Å². The van der Waals surface area contributed by atoms with Gasteiger partial charge < -0.3 is 14.8 Å². The first-order valence-corrected chi connectivity index (χ1v) is 9.44. The predicted octanol–water partition coefficient (Wildman–Crippen LogP) is 4.58. The van der Waals surface area contributed by atoms with Gasteiger partial charge in [-0.15, -0.1) is 0 Å². The van der Waals surface area contributed by atoms with Crippen LogP contribution in [0.4, 0.5) is 8.78 Å². The minimum absolute atomic E-state index is 0.00778. The van der Waals surface area contributed by atoms with Crippen molar-refractivity contribution in [2.24, 2.45) is 0 Å². The highest BCUT2D eigenvalue weighted by Crippen LogP contribution is 2.38. The van der Waals surface area contributed by atoms with Gasteiger partial charge in [-0.2, -0.15) is 8.78 Å². The third-order valence-electron chi connectivity index (χ3n) is 3.35. The van der Waals surface area contributed by atoms with Gasteiger partial charge in [0.1, 0.15) is 5.57 Å². The summed E-state index contributed by atoms with van der Waals surface area (Å²) in [6.07, 6.45) is 2.81. The first kappa shape index (κ1) is 20.8. The number of hydrogen-bond acceptors (Lipinski definition) is 5. The van der Waals surface area contributed by atoms with Crippen LogP contribution in [0.15, 0.2) is 32.9 Å². The molecule has 0 amide bonds. The Morgan fingerprint density at radius 1 is 1.27 bits per heavy atom. The number of Topliss-reactive ketones (excluding diaryl/α,β-unsaturated/α-hetero) is 1. The Kier molecular flexibility index (Phi) is 7.16. The Bertz CT molecular complexity index is 734. The second kappa shape index (κ2) is 8.94. The molecule has 0 aromatic heterocycles. The molecule has 0 aliphatic heterocycles. The lowest BCUT2D eigenvalue weighted by Gasteiger charge is -2.14. The van der Waals surface area contributed by atoms with Crippen LogP contribution in [0.3, 0.4) is 0 Å². The minimum atomic E-state index is -3.06. The molecule has 1 aromatic rings. The number of esters is 1. The lowest BCUT2D eigenvalue weighted by Crippen LogP contribution is -2.23. The number of nitrogens with one attached hydrogen (secondary N) is 1. The maximum atomic E-state index is 12.9. The monoisotopic (exact) mass is 495 g/mol. The Balaban J connectivity index is 2.38. The summed E-state index contributed by atoms with van der Waals surface area (Å²) in [7, 11) is 0. The quantitative estimate of drug-likeness (QED) is 0.187. The molecule has 0 bridgehead atoms. The van der Waals surface area contributed by atoms with Gasteiger partial charge in [0.2, 0.25) is 5.78 Å². The number of halogens is 4. The van der Waals surface area contributed by atoms with Gasteiger partial charge in [0.15, 0.2) is 5.75 Å². The molecule has 1 fully saturated rings. The molecular formula is C17H17Br2F2NO4. The van der Waals surface area contributed by atoms with Gasteiger partial charge in [-0.05, 0) is 70.7 Å². The van der Waals surface area contributed by atoms with Crippen LogP contribution < -0.4 is 10.1 Å². The molecule has 1 aliphatic carbocycles. The van der Waals surface area contributed by atoms with Crippen LogP contribution in [-0.2, 0) is 9.53 Å². The smallest absolute Gasteiger partial charge is 0.387 e. The van der Waals surface area contributed by atoms with E-state index < -0.39 is 24.5 Å². The molecule has 1 N–H and O–H groups in total. The fourth-order valence-electron chi connectivity index (χ4n) is 2.00. The van der Waals surface area contributed by atoms with Gasteiger partial charge in [-0.1, -0.05) is 0 Å². The molecule has 0 spiro atoms. The molecule has 26 heavy (non-hydrogen) atoms. The Morgan fingerprint density at radius 3 is 2.46 bits per heavy atom. The maximum Gasteiger partial charge on any atom is 0.387 e. The van der Waals surface area contributed by atoms with Gasteiger partial charge in [-0.3, -0.25) is 4.79 Å². The second-order valence-corrected chi connectivity index (χ2v) is 7.55. The van der Waals surface area contributed by atoms with Crippen LogP contribution >= 0.6 is 31.9 Å². The third-order valence-corrected chi connectivity index (χ3v) is 4.76. The Morgan fingerprint density at radius 2 is 1.92 bits per heavy atom. The molecule has 0 saturated heterocycles. The zero-order valence-electron chi connectivity index (χ0n) is 14.0. The molecule has 1 aliphatic rings. The van der Waals surface area contributed by atoms with Crippen molar-refractivity contribution in [1.82, 2.24) is 5.32 Å². The first-order chi connectivity index (χ1) is 12.2. The van der Waals surface area contributed by atoms with Gasteiger partial charge in [0.25, 0.3) is 0 Å². The van der Waals surface area contributed by atoms with E-state index in [0.29, 0.717) is 0 Å². The highest BCUT2D eigenvalue weighted by atomic mass is 79.9. The zero-order chi connectivity index (χ0) is 19.4. The fourth-order valence-corrected chi connectivity index (χ4v) is 3.31. The number of carbonyl (C=O) groups is 2. The maximum absolute atomic E-state index is 12.9. The van der Waals surface area contributed by atoms with Crippen LogP contribution in [0, 0.1) is 0 Å². The van der Waals surface area contributed by atoms with Gasteiger partial charge in [-0.25, -0.2) is 4.79 Å². The molecule has 9 heteroatoms. The molecule has 0 heterocycles. The Labute approximate surface area is 166 Å². The minimum Gasteiger partial charge on any atom is -0.459 e. The van der Waals surface area contributed by atoms with Crippen LogP contribution in [0.2, 0.25) is 0 Å². The van der Waals surface area contributed by atoms with Gasteiger partial charge >= 0.3 is 12.6 Å². The molecule has 1 saturated carbocycles. The van der Waals surface area contributed by atoms with E-state index in [9.17, 15) is 18.4 Å². The van der Waals surface area contributed by atoms with Crippen molar-refractivity contribution in [3.63, 3.8) is 0 Å². The van der Waals surface area contributed by atoms with E-state index in [1.807, 2.05) is 0 Å². The van der Waals surface area contributed by atoms with E-state index in [1.165, 1.54) is 18.3 Å². The molecule has 2 rings (SSSR count). The van der Waals surface area contributed by atoms with Crippen LogP contribution in [0.1, 0.15) is 37.0 Å². The summed E-state index contributed by atoms with van der Waals surface area (Å²) in [5.41, 5.74) is -0.204. The Hall–Kier alpha value is -1.48. The number of ether oxygens (including phenoxy) is 2.